The molecule has 5 heteroatoms. The highest BCUT2D eigenvalue weighted by Gasteiger charge is 2.30. The molecule has 0 atom stereocenters. The van der Waals surface area contributed by atoms with Crippen molar-refractivity contribution >= 4 is 5.91 Å². The van der Waals surface area contributed by atoms with Gasteiger partial charge >= 0.3 is 0 Å². The maximum atomic E-state index is 13.2. The SMILES string of the molecule is CCN(Cc1nn(-c2ccccc2)c2c1CN(Cc1ccccc1)CC2)C(=O)C1CCCC1. The standard InChI is InChI=1S/C28H34N4O/c1-2-31(28(33)23-13-9-10-14-23)21-26-25-20-30(19-22-11-5-3-6-12-22)18-17-27(25)32(29-26)24-15-7-4-8-16-24/h3-8,11-12,15-16,23H,2,9-10,13-14,17-21H2,1H3. The van der Waals surface area contributed by atoms with Crippen molar-refractivity contribution in [2.24, 2.45) is 5.92 Å². The molecule has 1 aliphatic heterocycles. The smallest absolute Gasteiger partial charge is 0.226 e. The van der Waals surface area contributed by atoms with Gasteiger partial charge in [0.05, 0.1) is 23.6 Å². The van der Waals surface area contributed by atoms with Crippen LogP contribution in [0.4, 0.5) is 0 Å². The zero-order valence-corrected chi connectivity index (χ0v) is 19.6. The topological polar surface area (TPSA) is 41.4 Å². The van der Waals surface area contributed by atoms with Crippen LogP contribution in [0.3, 0.4) is 0 Å². The minimum absolute atomic E-state index is 0.201. The first kappa shape index (κ1) is 21.9. The molecule has 0 bridgehead atoms. The summed E-state index contributed by atoms with van der Waals surface area (Å²) in [6.45, 7) is 6.26. The summed E-state index contributed by atoms with van der Waals surface area (Å²) in [5.41, 5.74) is 6.09. The summed E-state index contributed by atoms with van der Waals surface area (Å²) < 4.78 is 2.12. The van der Waals surface area contributed by atoms with Gasteiger partial charge in [0.2, 0.25) is 5.91 Å². The van der Waals surface area contributed by atoms with Crippen LogP contribution in [0.15, 0.2) is 60.7 Å². The van der Waals surface area contributed by atoms with Gasteiger partial charge in [0, 0.05) is 44.1 Å². The lowest BCUT2D eigenvalue weighted by Gasteiger charge is -2.29. The third-order valence-corrected chi connectivity index (χ3v) is 7.21. The fraction of sp³-hybridized carbons (Fsp3) is 0.429. The molecule has 1 aromatic heterocycles. The van der Waals surface area contributed by atoms with Crippen LogP contribution in [-0.4, -0.2) is 38.6 Å². The largest absolute Gasteiger partial charge is 0.337 e. The molecule has 0 unspecified atom stereocenters. The van der Waals surface area contributed by atoms with Crippen LogP contribution >= 0.6 is 0 Å². The van der Waals surface area contributed by atoms with Gasteiger partial charge in [-0.2, -0.15) is 5.10 Å². The zero-order chi connectivity index (χ0) is 22.6. The predicted molar refractivity (Wildman–Crippen MR) is 131 cm³/mol. The normalized spacial score (nSPS) is 16.6. The molecule has 172 valence electrons. The highest BCUT2D eigenvalue weighted by molar-refractivity contribution is 5.79. The van der Waals surface area contributed by atoms with E-state index in [0.717, 1.165) is 56.8 Å². The molecule has 0 saturated heterocycles. The Morgan fingerprint density at radius 3 is 2.42 bits per heavy atom. The van der Waals surface area contributed by atoms with Gasteiger partial charge in [-0.15, -0.1) is 0 Å². The summed E-state index contributed by atoms with van der Waals surface area (Å²) in [6.07, 6.45) is 5.40. The molecule has 0 N–H and O–H groups in total. The summed E-state index contributed by atoms with van der Waals surface area (Å²) in [4.78, 5) is 17.8. The molecular weight excluding hydrogens is 408 g/mol. The molecule has 2 aliphatic rings. The number of benzene rings is 2. The Balaban J connectivity index is 1.44. The molecule has 0 spiro atoms. The number of rotatable bonds is 7. The number of carbonyl (C=O) groups excluding carboxylic acids is 1. The Labute approximate surface area is 197 Å². The van der Waals surface area contributed by atoms with Crippen molar-refractivity contribution in [1.82, 2.24) is 19.6 Å². The van der Waals surface area contributed by atoms with E-state index < -0.39 is 0 Å². The van der Waals surface area contributed by atoms with Crippen LogP contribution in [0.1, 0.15) is 55.1 Å². The van der Waals surface area contributed by atoms with E-state index in [1.807, 2.05) is 11.0 Å². The van der Waals surface area contributed by atoms with Gasteiger partial charge in [-0.05, 0) is 37.5 Å². The average molecular weight is 443 g/mol. The van der Waals surface area contributed by atoms with E-state index in [2.05, 4.69) is 71.1 Å². The maximum Gasteiger partial charge on any atom is 0.226 e. The van der Waals surface area contributed by atoms with Crippen molar-refractivity contribution in [2.75, 3.05) is 13.1 Å². The Morgan fingerprint density at radius 2 is 1.73 bits per heavy atom. The number of aromatic nitrogens is 2. The molecule has 0 radical (unpaired) electrons. The summed E-state index contributed by atoms with van der Waals surface area (Å²) in [6, 6.07) is 21.1. The second-order valence-corrected chi connectivity index (χ2v) is 9.40. The van der Waals surface area contributed by atoms with Crippen LogP contribution in [0.25, 0.3) is 5.69 Å². The molecule has 1 aliphatic carbocycles. The molecule has 5 rings (SSSR count). The number of hydrogen-bond acceptors (Lipinski definition) is 3. The van der Waals surface area contributed by atoms with Crippen LogP contribution in [-0.2, 0) is 30.8 Å². The first-order chi connectivity index (χ1) is 16.2. The summed E-state index contributed by atoms with van der Waals surface area (Å²) >= 11 is 0. The lowest BCUT2D eigenvalue weighted by Crippen LogP contribution is -2.36. The van der Waals surface area contributed by atoms with Crippen LogP contribution in [0.2, 0.25) is 0 Å². The Hall–Kier alpha value is -2.92. The molecule has 1 fully saturated rings. The Morgan fingerprint density at radius 1 is 1.03 bits per heavy atom. The molecule has 5 nitrogen and oxygen atoms in total. The first-order valence-corrected chi connectivity index (χ1v) is 12.4. The summed E-state index contributed by atoms with van der Waals surface area (Å²) in [5.74, 6) is 0.515. The van der Waals surface area contributed by atoms with Crippen molar-refractivity contribution in [3.05, 3.63) is 83.2 Å². The van der Waals surface area contributed by atoms with E-state index in [9.17, 15) is 4.79 Å². The lowest BCUT2D eigenvalue weighted by molar-refractivity contribution is -0.135. The number of para-hydroxylation sites is 1. The van der Waals surface area contributed by atoms with Gasteiger partial charge in [-0.3, -0.25) is 9.69 Å². The lowest BCUT2D eigenvalue weighted by atomic mass is 10.0. The first-order valence-electron chi connectivity index (χ1n) is 12.4. The van der Waals surface area contributed by atoms with Gasteiger partial charge in [0.1, 0.15) is 0 Å². The third kappa shape index (κ3) is 4.74. The monoisotopic (exact) mass is 442 g/mol. The van der Waals surface area contributed by atoms with Crippen LogP contribution < -0.4 is 0 Å². The van der Waals surface area contributed by atoms with Crippen molar-refractivity contribution in [2.45, 2.75) is 58.7 Å². The molecule has 2 heterocycles. The second-order valence-electron chi connectivity index (χ2n) is 9.40. The van der Waals surface area contributed by atoms with E-state index in [1.54, 1.807) is 0 Å². The van der Waals surface area contributed by atoms with Gasteiger partial charge in [-0.25, -0.2) is 4.68 Å². The molecular formula is C28H34N4O. The molecule has 33 heavy (non-hydrogen) atoms. The number of hydrogen-bond donors (Lipinski definition) is 0. The number of nitrogens with zero attached hydrogens (tertiary/aromatic N) is 4. The fourth-order valence-electron chi connectivity index (χ4n) is 5.39. The van der Waals surface area contributed by atoms with E-state index in [0.29, 0.717) is 12.5 Å². The van der Waals surface area contributed by atoms with Gasteiger partial charge < -0.3 is 4.90 Å². The number of fused-ring (bicyclic) bond motifs is 1. The maximum absolute atomic E-state index is 13.2. The van der Waals surface area contributed by atoms with Crippen LogP contribution in [0, 0.1) is 5.92 Å². The Kier molecular flexibility index (Phi) is 6.58. The van der Waals surface area contributed by atoms with Gasteiger partial charge in [0.25, 0.3) is 0 Å². The minimum Gasteiger partial charge on any atom is -0.337 e. The molecule has 3 aromatic rings. The van der Waals surface area contributed by atoms with Crippen molar-refractivity contribution < 1.29 is 4.79 Å². The number of carbonyl (C=O) groups is 1. The van der Waals surface area contributed by atoms with Crippen molar-refractivity contribution in [3.8, 4) is 5.69 Å². The highest BCUT2D eigenvalue weighted by Crippen LogP contribution is 2.30. The highest BCUT2D eigenvalue weighted by atomic mass is 16.2. The number of amides is 1. The van der Waals surface area contributed by atoms with Crippen molar-refractivity contribution in [1.29, 1.82) is 0 Å². The predicted octanol–water partition coefficient (Wildman–Crippen LogP) is 4.97. The van der Waals surface area contributed by atoms with Crippen molar-refractivity contribution in [3.63, 3.8) is 0 Å². The summed E-state index contributed by atoms with van der Waals surface area (Å²) in [5, 5.41) is 5.10. The van der Waals surface area contributed by atoms with Gasteiger partial charge in [-0.1, -0.05) is 61.4 Å². The van der Waals surface area contributed by atoms with Gasteiger partial charge in [0.15, 0.2) is 0 Å². The zero-order valence-electron chi connectivity index (χ0n) is 19.6. The quantitative estimate of drug-likeness (QED) is 0.519. The van der Waals surface area contributed by atoms with E-state index in [1.165, 1.54) is 29.7 Å². The average Bonchev–Trinajstić information content (AvgIpc) is 3.52. The second kappa shape index (κ2) is 9.92. The molecule has 1 saturated carbocycles. The van der Waals surface area contributed by atoms with E-state index in [4.69, 9.17) is 5.10 Å². The fourth-order valence-corrected chi connectivity index (χ4v) is 5.39. The van der Waals surface area contributed by atoms with E-state index in [-0.39, 0.29) is 5.92 Å². The third-order valence-electron chi connectivity index (χ3n) is 7.21. The van der Waals surface area contributed by atoms with Crippen LogP contribution in [0.5, 0.6) is 0 Å². The molecule has 1 amide bonds. The van der Waals surface area contributed by atoms with E-state index >= 15 is 0 Å². The summed E-state index contributed by atoms with van der Waals surface area (Å²) in [7, 11) is 0. The molecule has 2 aromatic carbocycles. The Bertz CT molecular complexity index is 1070. The minimum atomic E-state index is 0.201.